The van der Waals surface area contributed by atoms with Crippen molar-refractivity contribution in [1.82, 2.24) is 4.57 Å². The summed E-state index contributed by atoms with van der Waals surface area (Å²) < 4.78 is 2.13. The summed E-state index contributed by atoms with van der Waals surface area (Å²) in [7, 11) is 0. The fraction of sp³-hybridized carbons (Fsp3) is 0.250. The van der Waals surface area contributed by atoms with Gasteiger partial charge in [0.2, 0.25) is 0 Å². The van der Waals surface area contributed by atoms with Crippen LogP contribution in [0.1, 0.15) is 40.0 Å². The Hall–Kier alpha value is -2.34. The van der Waals surface area contributed by atoms with Crippen LogP contribution in [-0.2, 0) is 13.0 Å². The smallest absolute Gasteiger partial charge is 0.164 e. The molecule has 0 spiro atoms. The molecular weight excluding hydrogens is 236 g/mol. The fourth-order valence-electron chi connectivity index (χ4n) is 2.67. The average molecular weight is 250 g/mol. The Bertz CT molecular complexity index is 676. The van der Waals surface area contributed by atoms with Crippen LogP contribution in [0.4, 0.5) is 0 Å². The first-order valence-corrected chi connectivity index (χ1v) is 6.48. The van der Waals surface area contributed by atoms with Crippen LogP contribution in [0.2, 0.25) is 0 Å². The Morgan fingerprint density at radius 1 is 1.26 bits per heavy atom. The van der Waals surface area contributed by atoms with E-state index in [0.29, 0.717) is 12.0 Å². The molecule has 19 heavy (non-hydrogen) atoms. The molecule has 0 bridgehead atoms. The Balaban J connectivity index is 1.92. The summed E-state index contributed by atoms with van der Waals surface area (Å²) in [4.78, 5) is 11.8. The molecule has 3 rings (SSSR count). The number of carbonyl (C=O) groups excluding carboxylic acids is 1. The van der Waals surface area contributed by atoms with Crippen LogP contribution in [0.15, 0.2) is 36.5 Å². The second kappa shape index (κ2) is 4.74. The molecule has 0 aliphatic heterocycles. The molecule has 94 valence electrons. The molecule has 3 nitrogen and oxygen atoms in total. The standard InChI is InChI=1S/C16H14N2O/c17-10-12-3-1-4-13(9-12)11-18-8-7-14-15(18)5-2-6-16(14)19/h1,3-4,7-9H,2,5-6,11H2. The summed E-state index contributed by atoms with van der Waals surface area (Å²) in [6.45, 7) is 0.720. The van der Waals surface area contributed by atoms with Crippen molar-refractivity contribution in [2.45, 2.75) is 25.8 Å². The van der Waals surface area contributed by atoms with E-state index in [4.69, 9.17) is 5.26 Å². The number of hydrogen-bond donors (Lipinski definition) is 0. The zero-order valence-corrected chi connectivity index (χ0v) is 10.6. The number of carbonyl (C=O) groups is 1. The van der Waals surface area contributed by atoms with E-state index < -0.39 is 0 Å². The number of aromatic nitrogens is 1. The summed E-state index contributed by atoms with van der Waals surface area (Å²) >= 11 is 0. The van der Waals surface area contributed by atoms with Gasteiger partial charge in [-0.25, -0.2) is 0 Å². The number of hydrogen-bond acceptors (Lipinski definition) is 2. The van der Waals surface area contributed by atoms with Crippen LogP contribution in [0.25, 0.3) is 0 Å². The predicted molar refractivity (Wildman–Crippen MR) is 72.0 cm³/mol. The van der Waals surface area contributed by atoms with Gasteiger partial charge in [-0.05, 0) is 36.6 Å². The van der Waals surface area contributed by atoms with Gasteiger partial charge >= 0.3 is 0 Å². The maximum absolute atomic E-state index is 11.8. The lowest BCUT2D eigenvalue weighted by molar-refractivity contribution is 0.0972. The normalized spacial score (nSPS) is 13.9. The van der Waals surface area contributed by atoms with Crippen molar-refractivity contribution < 1.29 is 4.79 Å². The number of fused-ring (bicyclic) bond motifs is 1. The maximum Gasteiger partial charge on any atom is 0.164 e. The lowest BCUT2D eigenvalue weighted by atomic mass is 9.97. The van der Waals surface area contributed by atoms with Gasteiger partial charge in [0.25, 0.3) is 0 Å². The van der Waals surface area contributed by atoms with E-state index in [1.807, 2.05) is 30.5 Å². The minimum atomic E-state index is 0.255. The molecule has 3 heteroatoms. The minimum absolute atomic E-state index is 0.255. The molecule has 1 aliphatic carbocycles. The molecule has 0 amide bonds. The molecule has 1 aromatic heterocycles. The predicted octanol–water partition coefficient (Wildman–Crippen LogP) is 2.93. The van der Waals surface area contributed by atoms with E-state index in [1.54, 1.807) is 6.07 Å². The highest BCUT2D eigenvalue weighted by Gasteiger charge is 2.20. The number of ketones is 1. The Morgan fingerprint density at radius 2 is 2.16 bits per heavy atom. The van der Waals surface area contributed by atoms with Gasteiger partial charge in [-0.3, -0.25) is 4.79 Å². The molecule has 0 radical (unpaired) electrons. The topological polar surface area (TPSA) is 45.8 Å². The Labute approximate surface area is 112 Å². The molecule has 0 saturated heterocycles. The molecule has 1 aromatic carbocycles. The first kappa shape index (κ1) is 11.7. The molecule has 1 aliphatic rings. The highest BCUT2D eigenvalue weighted by molar-refractivity contribution is 5.98. The van der Waals surface area contributed by atoms with E-state index in [0.717, 1.165) is 36.2 Å². The number of Topliss-reactive ketones (excluding diaryl/α,β-unsaturated/α-hetero) is 1. The molecule has 2 aromatic rings. The third-order valence-corrected chi connectivity index (χ3v) is 3.61. The van der Waals surface area contributed by atoms with E-state index in [-0.39, 0.29) is 5.78 Å². The van der Waals surface area contributed by atoms with Crippen molar-refractivity contribution in [1.29, 1.82) is 5.26 Å². The van der Waals surface area contributed by atoms with Crippen molar-refractivity contribution >= 4 is 5.78 Å². The van der Waals surface area contributed by atoms with E-state index in [2.05, 4.69) is 10.6 Å². The SMILES string of the molecule is N#Cc1cccc(Cn2ccc3c2CCCC3=O)c1. The zero-order valence-electron chi connectivity index (χ0n) is 10.6. The summed E-state index contributed by atoms with van der Waals surface area (Å²) in [6, 6.07) is 11.7. The molecule has 0 unspecified atom stereocenters. The highest BCUT2D eigenvalue weighted by Crippen LogP contribution is 2.23. The highest BCUT2D eigenvalue weighted by atomic mass is 16.1. The van der Waals surface area contributed by atoms with Gasteiger partial charge in [-0.1, -0.05) is 12.1 Å². The van der Waals surface area contributed by atoms with Crippen LogP contribution in [0.3, 0.4) is 0 Å². The van der Waals surface area contributed by atoms with Crippen LogP contribution in [0.5, 0.6) is 0 Å². The number of nitriles is 1. The quantitative estimate of drug-likeness (QED) is 0.822. The number of benzene rings is 1. The first-order valence-electron chi connectivity index (χ1n) is 6.48. The summed E-state index contributed by atoms with van der Waals surface area (Å²) in [6.07, 6.45) is 4.55. The Kier molecular flexibility index (Phi) is 2.92. The van der Waals surface area contributed by atoms with E-state index >= 15 is 0 Å². The van der Waals surface area contributed by atoms with Crippen LogP contribution in [0, 0.1) is 11.3 Å². The second-order valence-electron chi connectivity index (χ2n) is 4.89. The van der Waals surface area contributed by atoms with Gasteiger partial charge in [0, 0.05) is 30.4 Å². The lowest BCUT2D eigenvalue weighted by Crippen LogP contribution is -2.13. The van der Waals surface area contributed by atoms with Gasteiger partial charge in [0.1, 0.15) is 0 Å². The molecule has 0 saturated carbocycles. The lowest BCUT2D eigenvalue weighted by Gasteiger charge is -2.15. The van der Waals surface area contributed by atoms with Crippen molar-refractivity contribution in [3.05, 3.63) is 58.9 Å². The first-order chi connectivity index (χ1) is 9.28. The Morgan fingerprint density at radius 3 is 3.00 bits per heavy atom. The number of nitrogens with zero attached hydrogens (tertiary/aromatic N) is 2. The fourth-order valence-corrected chi connectivity index (χ4v) is 2.67. The van der Waals surface area contributed by atoms with Crippen LogP contribution < -0.4 is 0 Å². The van der Waals surface area contributed by atoms with Gasteiger partial charge in [-0.2, -0.15) is 5.26 Å². The molecular formula is C16H14N2O. The van der Waals surface area contributed by atoms with Gasteiger partial charge < -0.3 is 4.57 Å². The van der Waals surface area contributed by atoms with Gasteiger partial charge in [0.15, 0.2) is 5.78 Å². The van der Waals surface area contributed by atoms with Crippen LogP contribution >= 0.6 is 0 Å². The van der Waals surface area contributed by atoms with Gasteiger partial charge in [-0.15, -0.1) is 0 Å². The van der Waals surface area contributed by atoms with E-state index in [1.165, 1.54) is 0 Å². The molecule has 0 fully saturated rings. The van der Waals surface area contributed by atoms with E-state index in [9.17, 15) is 4.79 Å². The maximum atomic E-state index is 11.8. The van der Waals surface area contributed by atoms with Crippen molar-refractivity contribution in [2.24, 2.45) is 0 Å². The summed E-state index contributed by atoms with van der Waals surface area (Å²) in [5.41, 5.74) is 3.78. The molecule has 0 atom stereocenters. The summed E-state index contributed by atoms with van der Waals surface area (Å²) in [5, 5.41) is 8.91. The molecule has 1 heterocycles. The summed E-state index contributed by atoms with van der Waals surface area (Å²) in [5.74, 6) is 0.255. The van der Waals surface area contributed by atoms with Crippen molar-refractivity contribution in [2.75, 3.05) is 0 Å². The minimum Gasteiger partial charge on any atom is -0.346 e. The van der Waals surface area contributed by atoms with Crippen molar-refractivity contribution in [3.8, 4) is 6.07 Å². The van der Waals surface area contributed by atoms with Gasteiger partial charge in [0.05, 0.1) is 11.6 Å². The number of rotatable bonds is 2. The second-order valence-corrected chi connectivity index (χ2v) is 4.89. The average Bonchev–Trinajstić information content (AvgIpc) is 2.84. The van der Waals surface area contributed by atoms with Crippen molar-refractivity contribution in [3.63, 3.8) is 0 Å². The zero-order chi connectivity index (χ0) is 13.2. The third-order valence-electron chi connectivity index (χ3n) is 3.61. The monoisotopic (exact) mass is 250 g/mol. The van der Waals surface area contributed by atoms with Crippen LogP contribution in [-0.4, -0.2) is 10.4 Å². The molecule has 0 N–H and O–H groups in total. The third kappa shape index (κ3) is 2.17. The largest absolute Gasteiger partial charge is 0.346 e.